The molecule has 0 saturated heterocycles. The molecule has 2 aromatic rings. The number of esters is 1. The van der Waals surface area contributed by atoms with E-state index in [9.17, 15) is 14.9 Å². The molecule has 150 valence electrons. The minimum atomic E-state index is -0.329. The van der Waals surface area contributed by atoms with Crippen molar-refractivity contribution in [2.24, 2.45) is 17.8 Å². The highest BCUT2D eigenvalue weighted by Crippen LogP contribution is 2.63. The highest BCUT2D eigenvalue weighted by atomic mass is 16.6. The van der Waals surface area contributed by atoms with Crippen molar-refractivity contribution in [3.63, 3.8) is 0 Å². The summed E-state index contributed by atoms with van der Waals surface area (Å²) in [6, 6.07) is 12.8. The average Bonchev–Trinajstić information content (AvgIpc) is 3.35. The molecule has 0 radical (unpaired) electrons. The van der Waals surface area contributed by atoms with Crippen molar-refractivity contribution in [1.29, 1.82) is 0 Å². The molecule has 1 aliphatic heterocycles. The Labute approximate surface area is 169 Å². The molecule has 5 unspecified atom stereocenters. The number of nitro benzene ring substituents is 1. The van der Waals surface area contributed by atoms with E-state index >= 15 is 0 Å². The minimum Gasteiger partial charge on any atom is -0.462 e. The van der Waals surface area contributed by atoms with Gasteiger partial charge in [-0.15, -0.1) is 0 Å². The van der Waals surface area contributed by atoms with Gasteiger partial charge in [-0.05, 0) is 79.2 Å². The molecule has 0 spiro atoms. The molecule has 0 aromatic heterocycles. The minimum absolute atomic E-state index is 0.0520. The summed E-state index contributed by atoms with van der Waals surface area (Å²) < 4.78 is 5.20. The first-order valence-corrected chi connectivity index (χ1v) is 10.4. The van der Waals surface area contributed by atoms with Crippen LogP contribution in [0.25, 0.3) is 0 Å². The summed E-state index contributed by atoms with van der Waals surface area (Å²) in [5.74, 6) is 1.71. The van der Waals surface area contributed by atoms with Crippen LogP contribution < -0.4 is 5.32 Å². The molecule has 2 saturated carbocycles. The average molecular weight is 392 g/mol. The van der Waals surface area contributed by atoms with Crippen LogP contribution in [-0.4, -0.2) is 17.5 Å². The molecule has 6 heteroatoms. The van der Waals surface area contributed by atoms with Gasteiger partial charge in [0.2, 0.25) is 0 Å². The number of ether oxygens (including phenoxy) is 1. The molecule has 0 amide bonds. The van der Waals surface area contributed by atoms with Crippen LogP contribution in [0.5, 0.6) is 0 Å². The summed E-state index contributed by atoms with van der Waals surface area (Å²) in [5.41, 5.74) is 3.94. The fraction of sp³-hybridized carbons (Fsp3) is 0.435. The van der Waals surface area contributed by atoms with E-state index in [4.69, 9.17) is 4.74 Å². The van der Waals surface area contributed by atoms with Crippen LogP contribution >= 0.6 is 0 Å². The lowest BCUT2D eigenvalue weighted by Gasteiger charge is -2.43. The molecule has 5 rings (SSSR count). The van der Waals surface area contributed by atoms with Crippen molar-refractivity contribution in [3.8, 4) is 0 Å². The van der Waals surface area contributed by atoms with E-state index < -0.39 is 0 Å². The Morgan fingerprint density at radius 3 is 2.83 bits per heavy atom. The van der Waals surface area contributed by atoms with E-state index in [1.54, 1.807) is 18.2 Å². The lowest BCUT2D eigenvalue weighted by atomic mass is 9.68. The van der Waals surface area contributed by atoms with Crippen molar-refractivity contribution in [3.05, 3.63) is 69.3 Å². The molecule has 2 bridgehead atoms. The van der Waals surface area contributed by atoms with Crippen molar-refractivity contribution in [2.75, 3.05) is 11.9 Å². The van der Waals surface area contributed by atoms with Crippen molar-refractivity contribution < 1.29 is 14.5 Å². The molecule has 6 nitrogen and oxygen atoms in total. The summed E-state index contributed by atoms with van der Waals surface area (Å²) >= 11 is 0. The Morgan fingerprint density at radius 1 is 1.21 bits per heavy atom. The number of nitrogens with one attached hydrogen (secondary N) is 1. The topological polar surface area (TPSA) is 81.5 Å². The number of hydrogen-bond donors (Lipinski definition) is 1. The Kier molecular flexibility index (Phi) is 4.30. The number of carbonyl (C=O) groups excluding carboxylic acids is 1. The third-order valence-corrected chi connectivity index (χ3v) is 7.04. The first-order chi connectivity index (χ1) is 14.1. The zero-order chi connectivity index (χ0) is 20.1. The van der Waals surface area contributed by atoms with Gasteiger partial charge in [-0.2, -0.15) is 0 Å². The Morgan fingerprint density at radius 2 is 2.03 bits per heavy atom. The van der Waals surface area contributed by atoms with Gasteiger partial charge in [-0.3, -0.25) is 10.1 Å². The summed E-state index contributed by atoms with van der Waals surface area (Å²) in [7, 11) is 0. The van der Waals surface area contributed by atoms with E-state index in [1.807, 2.05) is 31.2 Å². The third kappa shape index (κ3) is 2.89. The van der Waals surface area contributed by atoms with Gasteiger partial charge in [0.15, 0.2) is 0 Å². The molecule has 1 heterocycles. The van der Waals surface area contributed by atoms with Gasteiger partial charge >= 0.3 is 5.97 Å². The smallest absolute Gasteiger partial charge is 0.338 e. The van der Waals surface area contributed by atoms with E-state index in [0.717, 1.165) is 11.3 Å². The summed E-state index contributed by atoms with van der Waals surface area (Å²) in [4.78, 5) is 23.2. The standard InChI is InChI=1S/C23H24N2O4/c1-2-29-23(26)16-8-9-19-18(12-16)20-13-6-7-14(10-13)21(20)22(24-19)15-4-3-5-17(11-15)25(27)28/h3-5,8-9,11-14,20-22,24H,2,6-7,10H2,1H3. The lowest BCUT2D eigenvalue weighted by Crippen LogP contribution is -2.35. The van der Waals surface area contributed by atoms with Crippen LogP contribution in [0.15, 0.2) is 42.5 Å². The van der Waals surface area contributed by atoms with Gasteiger partial charge < -0.3 is 10.1 Å². The van der Waals surface area contributed by atoms with Crippen LogP contribution in [0.3, 0.4) is 0 Å². The number of rotatable bonds is 4. The predicted molar refractivity (Wildman–Crippen MR) is 109 cm³/mol. The van der Waals surface area contributed by atoms with Crippen LogP contribution in [0, 0.1) is 27.9 Å². The maximum Gasteiger partial charge on any atom is 0.338 e. The van der Waals surface area contributed by atoms with E-state index in [1.165, 1.54) is 24.8 Å². The molecule has 2 aliphatic carbocycles. The molecule has 5 atom stereocenters. The largest absolute Gasteiger partial charge is 0.462 e. The molecule has 2 fully saturated rings. The summed E-state index contributed by atoms with van der Waals surface area (Å²) in [5, 5.41) is 14.9. The maximum absolute atomic E-state index is 12.3. The van der Waals surface area contributed by atoms with Crippen LogP contribution in [0.2, 0.25) is 0 Å². The number of anilines is 1. The van der Waals surface area contributed by atoms with Crippen molar-refractivity contribution >= 4 is 17.3 Å². The number of nitrogens with zero attached hydrogens (tertiary/aromatic N) is 1. The SMILES string of the molecule is CCOC(=O)c1ccc2c(c1)C1C3CCC(C3)C1C(c1cccc([N+](=O)[O-])c1)N2. The van der Waals surface area contributed by atoms with Crippen LogP contribution in [-0.2, 0) is 4.74 Å². The van der Waals surface area contributed by atoms with Crippen LogP contribution in [0.1, 0.15) is 59.6 Å². The van der Waals surface area contributed by atoms with E-state index in [0.29, 0.717) is 35.8 Å². The van der Waals surface area contributed by atoms with Gasteiger partial charge in [-0.1, -0.05) is 12.1 Å². The fourth-order valence-corrected chi connectivity index (χ4v) is 5.99. The number of hydrogen-bond acceptors (Lipinski definition) is 5. The quantitative estimate of drug-likeness (QED) is 0.446. The number of nitro groups is 1. The Balaban J connectivity index is 1.57. The second kappa shape index (κ2) is 6.87. The van der Waals surface area contributed by atoms with Crippen LogP contribution in [0.4, 0.5) is 11.4 Å². The van der Waals surface area contributed by atoms with Gasteiger partial charge in [-0.25, -0.2) is 4.79 Å². The molecular formula is C23H24N2O4. The third-order valence-electron chi connectivity index (χ3n) is 7.04. The zero-order valence-corrected chi connectivity index (χ0v) is 16.3. The lowest BCUT2D eigenvalue weighted by molar-refractivity contribution is -0.384. The van der Waals surface area contributed by atoms with Gasteiger partial charge in [0.05, 0.1) is 23.1 Å². The Hall–Kier alpha value is -2.89. The Bertz CT molecular complexity index is 989. The van der Waals surface area contributed by atoms with Crippen molar-refractivity contribution in [2.45, 2.75) is 38.1 Å². The van der Waals surface area contributed by atoms with Gasteiger partial charge in [0, 0.05) is 17.8 Å². The van der Waals surface area contributed by atoms with Gasteiger partial charge in [0.25, 0.3) is 5.69 Å². The molecular weight excluding hydrogens is 368 g/mol. The highest BCUT2D eigenvalue weighted by molar-refractivity contribution is 5.90. The highest BCUT2D eigenvalue weighted by Gasteiger charge is 2.54. The van der Waals surface area contributed by atoms with Gasteiger partial charge in [0.1, 0.15) is 0 Å². The number of carbonyl (C=O) groups is 1. The molecule has 1 N–H and O–H groups in total. The monoisotopic (exact) mass is 392 g/mol. The van der Waals surface area contributed by atoms with E-state index in [-0.39, 0.29) is 22.6 Å². The molecule has 29 heavy (non-hydrogen) atoms. The van der Waals surface area contributed by atoms with Crippen molar-refractivity contribution in [1.82, 2.24) is 0 Å². The molecule has 2 aromatic carbocycles. The first kappa shape index (κ1) is 18.2. The second-order valence-corrected chi connectivity index (χ2v) is 8.43. The first-order valence-electron chi connectivity index (χ1n) is 10.4. The normalized spacial score (nSPS) is 28.9. The number of fused-ring (bicyclic) bond motifs is 7. The fourth-order valence-electron chi connectivity index (χ4n) is 5.99. The summed E-state index contributed by atoms with van der Waals surface area (Å²) in [6.45, 7) is 2.17. The number of non-ortho nitro benzene ring substituents is 1. The van der Waals surface area contributed by atoms with E-state index in [2.05, 4.69) is 5.32 Å². The summed E-state index contributed by atoms with van der Waals surface area (Å²) in [6.07, 6.45) is 3.63. The molecule has 3 aliphatic rings. The zero-order valence-electron chi connectivity index (χ0n) is 16.3. The second-order valence-electron chi connectivity index (χ2n) is 8.43. The maximum atomic E-state index is 12.3. The number of benzene rings is 2. The predicted octanol–water partition coefficient (Wildman–Crippen LogP) is 5.07.